The van der Waals surface area contributed by atoms with Crippen molar-refractivity contribution >= 4 is 29.3 Å². The lowest BCUT2D eigenvalue weighted by Crippen LogP contribution is -2.47. The Bertz CT molecular complexity index is 838. The number of nitrogens with zero attached hydrogens (tertiary/aromatic N) is 2. The van der Waals surface area contributed by atoms with Crippen LogP contribution in [0.1, 0.15) is 6.42 Å². The zero-order valence-electron chi connectivity index (χ0n) is 17.1. The predicted octanol–water partition coefficient (Wildman–Crippen LogP) is 2.38. The van der Waals surface area contributed by atoms with Crippen LogP contribution in [0.25, 0.3) is 0 Å². The minimum absolute atomic E-state index is 0.292. The summed E-state index contributed by atoms with van der Waals surface area (Å²) < 4.78 is 5.15. The Morgan fingerprint density at radius 3 is 2.63 bits per heavy atom. The van der Waals surface area contributed by atoms with Crippen LogP contribution in [0.3, 0.4) is 0 Å². The summed E-state index contributed by atoms with van der Waals surface area (Å²) in [6, 6.07) is 7.66. The summed E-state index contributed by atoms with van der Waals surface area (Å²) in [5.41, 5.74) is 2.10. The molecule has 2 amide bonds. The first-order valence-corrected chi connectivity index (χ1v) is 10.4. The maximum atomic E-state index is 12.1. The third kappa shape index (κ3) is 6.21. The molecule has 0 bridgehead atoms. The average molecular weight is 431 g/mol. The van der Waals surface area contributed by atoms with Crippen LogP contribution in [0, 0.1) is 0 Å². The lowest BCUT2D eigenvalue weighted by molar-refractivity contribution is 0.171. The Labute approximate surface area is 182 Å². The number of halogens is 1. The zero-order valence-corrected chi connectivity index (χ0v) is 17.8. The van der Waals surface area contributed by atoms with E-state index in [0.29, 0.717) is 17.8 Å². The molecule has 0 radical (unpaired) electrons. The van der Waals surface area contributed by atoms with Crippen LogP contribution in [0.15, 0.2) is 53.8 Å². The van der Waals surface area contributed by atoms with E-state index in [2.05, 4.69) is 32.6 Å². The molecule has 160 valence electrons. The van der Waals surface area contributed by atoms with Crippen molar-refractivity contribution < 1.29 is 14.3 Å². The number of anilines is 1. The van der Waals surface area contributed by atoms with Gasteiger partial charge in [-0.05, 0) is 55.5 Å². The summed E-state index contributed by atoms with van der Waals surface area (Å²) >= 11 is 5.96. The number of methoxy groups -OCH3 is 1. The Kier molecular flexibility index (Phi) is 8.11. The summed E-state index contributed by atoms with van der Waals surface area (Å²) in [5.74, 6) is 1.84. The third-order valence-electron chi connectivity index (χ3n) is 5.20. The number of urea groups is 1. The van der Waals surface area contributed by atoms with Gasteiger partial charge in [0.2, 0.25) is 0 Å². The van der Waals surface area contributed by atoms with Gasteiger partial charge < -0.3 is 20.3 Å². The van der Waals surface area contributed by atoms with Crippen molar-refractivity contribution in [3.63, 3.8) is 0 Å². The van der Waals surface area contributed by atoms with Crippen LogP contribution in [0.4, 0.5) is 10.5 Å². The minimum atomic E-state index is -0.420. The number of hydrogen-bond donors (Lipinski definition) is 2. The summed E-state index contributed by atoms with van der Waals surface area (Å²) in [5, 5.41) is 6.34. The van der Waals surface area contributed by atoms with Crippen molar-refractivity contribution in [2.24, 2.45) is 0 Å². The highest BCUT2D eigenvalue weighted by molar-refractivity contribution is 6.30. The highest BCUT2D eigenvalue weighted by Gasteiger charge is 2.17. The quantitative estimate of drug-likeness (QED) is 0.513. The van der Waals surface area contributed by atoms with E-state index >= 15 is 0 Å². The van der Waals surface area contributed by atoms with Crippen LogP contribution in [-0.4, -0.2) is 69.4 Å². The monoisotopic (exact) mass is 430 g/mol. The maximum absolute atomic E-state index is 12.1. The third-order valence-corrected chi connectivity index (χ3v) is 5.45. The van der Waals surface area contributed by atoms with Crippen molar-refractivity contribution in [3.05, 3.63) is 58.8 Å². The standard InChI is InChI=1S/C22H27ClN4O3/c1-30-21-8-5-19(15-17(21)16-28)25-22(29)24-9-2-10-26-11-13-27(14-12-26)20-6-3-18(23)4-7-20/h3-8,15,21H,2,9-14H2,1H3,(H2,24,25,29). The Balaban J connectivity index is 1.32. The number of piperazine rings is 1. The van der Waals surface area contributed by atoms with Crippen LogP contribution in [0.2, 0.25) is 5.02 Å². The molecule has 0 saturated carbocycles. The minimum Gasteiger partial charge on any atom is -0.372 e. The highest BCUT2D eigenvalue weighted by atomic mass is 35.5. The molecule has 1 aromatic carbocycles. The number of benzene rings is 1. The number of allylic oxidation sites excluding steroid dienone is 1. The molecule has 3 rings (SSSR count). The summed E-state index contributed by atoms with van der Waals surface area (Å²) in [7, 11) is 1.52. The molecule has 0 spiro atoms. The number of carbonyl (C=O) groups excluding carboxylic acids is 2. The molecule has 1 aliphatic heterocycles. The van der Waals surface area contributed by atoms with Gasteiger partial charge in [0.05, 0.1) is 5.57 Å². The first-order valence-electron chi connectivity index (χ1n) is 10.0. The second kappa shape index (κ2) is 11.0. The molecule has 2 aliphatic rings. The van der Waals surface area contributed by atoms with Crippen molar-refractivity contribution in [3.8, 4) is 0 Å². The van der Waals surface area contributed by atoms with E-state index in [4.69, 9.17) is 16.3 Å². The molecular weight excluding hydrogens is 404 g/mol. The van der Waals surface area contributed by atoms with Crippen LogP contribution < -0.4 is 15.5 Å². The molecule has 0 aromatic heterocycles. The van der Waals surface area contributed by atoms with E-state index in [1.54, 1.807) is 18.2 Å². The molecule has 1 unspecified atom stereocenters. The van der Waals surface area contributed by atoms with Crippen molar-refractivity contribution in [1.82, 2.24) is 15.5 Å². The molecule has 1 aliphatic carbocycles. The fraction of sp³-hybridized carbons (Fsp3) is 0.409. The van der Waals surface area contributed by atoms with Crippen LogP contribution >= 0.6 is 11.6 Å². The molecule has 1 heterocycles. The molecule has 30 heavy (non-hydrogen) atoms. The van der Waals surface area contributed by atoms with Gasteiger partial charge in [0.25, 0.3) is 0 Å². The second-order valence-electron chi connectivity index (χ2n) is 7.21. The predicted molar refractivity (Wildman–Crippen MR) is 118 cm³/mol. The normalized spacial score (nSPS) is 19.3. The van der Waals surface area contributed by atoms with E-state index in [1.165, 1.54) is 12.8 Å². The Hall–Kier alpha value is -2.57. The zero-order chi connectivity index (χ0) is 21.3. The fourth-order valence-corrected chi connectivity index (χ4v) is 3.65. The molecule has 1 aromatic rings. The largest absolute Gasteiger partial charge is 0.372 e. The van der Waals surface area contributed by atoms with E-state index in [1.807, 2.05) is 18.1 Å². The lowest BCUT2D eigenvalue weighted by atomic mass is 10.0. The van der Waals surface area contributed by atoms with Crippen molar-refractivity contribution in [2.45, 2.75) is 12.5 Å². The van der Waals surface area contributed by atoms with Gasteiger partial charge in [-0.15, -0.1) is 0 Å². The van der Waals surface area contributed by atoms with Gasteiger partial charge in [0.15, 0.2) is 0 Å². The Morgan fingerprint density at radius 2 is 1.97 bits per heavy atom. The number of ether oxygens (including phenoxy) is 1. The van der Waals surface area contributed by atoms with Gasteiger partial charge in [-0.3, -0.25) is 4.90 Å². The Morgan fingerprint density at radius 1 is 1.23 bits per heavy atom. The number of hydrogen-bond acceptors (Lipinski definition) is 5. The fourth-order valence-electron chi connectivity index (χ4n) is 3.52. The molecule has 1 fully saturated rings. The number of amides is 2. The highest BCUT2D eigenvalue weighted by Crippen LogP contribution is 2.19. The first kappa shape index (κ1) is 22.1. The summed E-state index contributed by atoms with van der Waals surface area (Å²) in [4.78, 5) is 27.8. The SMILES string of the molecule is COC1C=CC(NC(=O)NCCCN2CCN(c3ccc(Cl)cc3)CC2)=CC1=C=O. The molecule has 2 N–H and O–H groups in total. The van der Waals surface area contributed by atoms with E-state index in [-0.39, 0.29) is 6.03 Å². The number of rotatable bonds is 7. The van der Waals surface area contributed by atoms with Crippen LogP contribution in [0.5, 0.6) is 0 Å². The second-order valence-corrected chi connectivity index (χ2v) is 7.65. The average Bonchev–Trinajstić information content (AvgIpc) is 2.77. The van der Waals surface area contributed by atoms with E-state index in [9.17, 15) is 9.59 Å². The molecular formula is C22H27ClN4O3. The number of nitrogens with one attached hydrogen (secondary N) is 2. The summed E-state index contributed by atoms with van der Waals surface area (Å²) in [6.45, 7) is 5.46. The molecule has 8 heteroatoms. The maximum Gasteiger partial charge on any atom is 0.319 e. The van der Waals surface area contributed by atoms with Crippen LogP contribution in [-0.2, 0) is 9.53 Å². The van der Waals surface area contributed by atoms with E-state index in [0.717, 1.165) is 44.2 Å². The van der Waals surface area contributed by atoms with Crippen molar-refractivity contribution in [2.75, 3.05) is 51.3 Å². The first-order chi connectivity index (χ1) is 14.6. The smallest absolute Gasteiger partial charge is 0.319 e. The van der Waals surface area contributed by atoms with Gasteiger partial charge in [0, 0.05) is 56.2 Å². The molecule has 1 saturated heterocycles. The van der Waals surface area contributed by atoms with Gasteiger partial charge in [-0.1, -0.05) is 11.6 Å². The topological polar surface area (TPSA) is 73.9 Å². The van der Waals surface area contributed by atoms with Gasteiger partial charge in [-0.2, -0.15) is 0 Å². The van der Waals surface area contributed by atoms with Gasteiger partial charge >= 0.3 is 6.03 Å². The van der Waals surface area contributed by atoms with Gasteiger partial charge in [-0.25, -0.2) is 9.59 Å². The summed E-state index contributed by atoms with van der Waals surface area (Å²) in [6.07, 6.45) is 5.44. The molecule has 7 nitrogen and oxygen atoms in total. The molecule has 1 atom stereocenters. The van der Waals surface area contributed by atoms with Crippen molar-refractivity contribution in [1.29, 1.82) is 0 Å². The van der Waals surface area contributed by atoms with E-state index < -0.39 is 6.10 Å². The number of carbonyl (C=O) groups is 1. The lowest BCUT2D eigenvalue weighted by Gasteiger charge is -2.36. The van der Waals surface area contributed by atoms with Gasteiger partial charge in [0.1, 0.15) is 12.0 Å².